The summed E-state index contributed by atoms with van der Waals surface area (Å²) in [5.41, 5.74) is 0.436. The minimum absolute atomic E-state index is 0.436. The smallest absolute Gasteiger partial charge is 0.240 e. The number of hydrogen-bond donors (Lipinski definition) is 0. The van der Waals surface area contributed by atoms with Gasteiger partial charge in [-0.25, -0.2) is 4.79 Å². The SMILES string of the molecule is COc1cc(N=C=O)cc2c1OCCO2. The lowest BCUT2D eigenvalue weighted by molar-refractivity contribution is 0.165. The highest BCUT2D eigenvalue weighted by Crippen LogP contribution is 2.42. The Kier molecular flexibility index (Phi) is 2.56. The molecule has 1 aliphatic rings. The zero-order chi connectivity index (χ0) is 10.7. The van der Waals surface area contributed by atoms with Gasteiger partial charge >= 0.3 is 0 Å². The van der Waals surface area contributed by atoms with Gasteiger partial charge in [0.25, 0.3) is 0 Å². The quantitative estimate of drug-likeness (QED) is 0.543. The summed E-state index contributed by atoms with van der Waals surface area (Å²) in [7, 11) is 1.52. The lowest BCUT2D eigenvalue weighted by atomic mass is 10.2. The molecule has 0 N–H and O–H groups in total. The third kappa shape index (κ3) is 1.78. The molecule has 0 fully saturated rings. The summed E-state index contributed by atoms with van der Waals surface area (Å²) in [5, 5.41) is 0. The number of rotatable bonds is 2. The van der Waals surface area contributed by atoms with Crippen molar-refractivity contribution in [1.29, 1.82) is 0 Å². The van der Waals surface area contributed by atoms with Gasteiger partial charge in [-0.1, -0.05) is 0 Å². The fourth-order valence-corrected chi connectivity index (χ4v) is 1.38. The van der Waals surface area contributed by atoms with Crippen LogP contribution in [0.3, 0.4) is 0 Å². The molecule has 1 aliphatic heterocycles. The highest BCUT2D eigenvalue weighted by atomic mass is 16.6. The van der Waals surface area contributed by atoms with E-state index in [0.29, 0.717) is 36.1 Å². The zero-order valence-corrected chi connectivity index (χ0v) is 8.15. The first-order chi connectivity index (χ1) is 7.35. The van der Waals surface area contributed by atoms with Crippen LogP contribution in [-0.4, -0.2) is 26.4 Å². The van der Waals surface area contributed by atoms with Crippen LogP contribution in [0.15, 0.2) is 17.1 Å². The Morgan fingerprint density at radius 3 is 2.93 bits per heavy atom. The molecule has 1 heterocycles. The zero-order valence-electron chi connectivity index (χ0n) is 8.15. The number of carbonyl (C=O) groups excluding carboxylic acids is 1. The molecule has 0 bridgehead atoms. The van der Waals surface area contributed by atoms with E-state index in [1.165, 1.54) is 13.2 Å². The van der Waals surface area contributed by atoms with Crippen molar-refractivity contribution in [2.24, 2.45) is 4.99 Å². The van der Waals surface area contributed by atoms with Gasteiger partial charge in [0.15, 0.2) is 11.5 Å². The van der Waals surface area contributed by atoms with E-state index in [1.54, 1.807) is 12.1 Å². The molecule has 0 amide bonds. The Hall–Kier alpha value is -2.00. The van der Waals surface area contributed by atoms with E-state index in [9.17, 15) is 4.79 Å². The first-order valence-electron chi connectivity index (χ1n) is 4.40. The maximum atomic E-state index is 10.1. The fraction of sp³-hybridized carbons (Fsp3) is 0.300. The predicted octanol–water partition coefficient (Wildman–Crippen LogP) is 1.43. The molecule has 0 aliphatic carbocycles. The minimum Gasteiger partial charge on any atom is -0.493 e. The number of aliphatic imine (C=N–C) groups is 1. The van der Waals surface area contributed by atoms with E-state index in [-0.39, 0.29) is 0 Å². The van der Waals surface area contributed by atoms with Crippen molar-refractivity contribution in [2.75, 3.05) is 20.3 Å². The van der Waals surface area contributed by atoms with Gasteiger partial charge < -0.3 is 14.2 Å². The van der Waals surface area contributed by atoms with Crippen molar-refractivity contribution < 1.29 is 19.0 Å². The van der Waals surface area contributed by atoms with Crippen LogP contribution in [0, 0.1) is 0 Å². The Morgan fingerprint density at radius 1 is 1.40 bits per heavy atom. The lowest BCUT2D eigenvalue weighted by Crippen LogP contribution is -2.15. The molecular formula is C10H9NO4. The third-order valence-electron chi connectivity index (χ3n) is 1.99. The van der Waals surface area contributed by atoms with E-state index in [0.717, 1.165) is 0 Å². The van der Waals surface area contributed by atoms with Crippen molar-refractivity contribution in [1.82, 2.24) is 0 Å². The largest absolute Gasteiger partial charge is 0.493 e. The van der Waals surface area contributed by atoms with Gasteiger partial charge in [0.2, 0.25) is 11.8 Å². The van der Waals surface area contributed by atoms with Crippen molar-refractivity contribution in [3.8, 4) is 17.2 Å². The van der Waals surface area contributed by atoms with Gasteiger partial charge in [-0.3, -0.25) is 0 Å². The summed E-state index contributed by atoms with van der Waals surface area (Å²) in [6.45, 7) is 0.962. The van der Waals surface area contributed by atoms with Crippen LogP contribution >= 0.6 is 0 Å². The topological polar surface area (TPSA) is 57.1 Å². The number of fused-ring (bicyclic) bond motifs is 1. The molecule has 0 spiro atoms. The van der Waals surface area contributed by atoms with Crippen LogP contribution in [0.5, 0.6) is 17.2 Å². The molecule has 0 saturated carbocycles. The van der Waals surface area contributed by atoms with Crippen LogP contribution in [-0.2, 0) is 4.79 Å². The maximum Gasteiger partial charge on any atom is 0.240 e. The standard InChI is InChI=1S/C10H9NO4/c1-13-8-4-7(11-6-12)5-9-10(8)15-3-2-14-9/h4-5H,2-3H2,1H3. The summed E-state index contributed by atoms with van der Waals surface area (Å²) < 4.78 is 15.9. The summed E-state index contributed by atoms with van der Waals surface area (Å²) in [6, 6.07) is 3.21. The summed E-state index contributed by atoms with van der Waals surface area (Å²) in [6.07, 6.45) is 1.47. The molecule has 0 radical (unpaired) electrons. The first kappa shape index (κ1) is 9.55. The van der Waals surface area contributed by atoms with Crippen molar-refractivity contribution >= 4 is 11.8 Å². The van der Waals surface area contributed by atoms with Gasteiger partial charge in [-0.05, 0) is 0 Å². The van der Waals surface area contributed by atoms with Crippen molar-refractivity contribution in [3.63, 3.8) is 0 Å². The Labute approximate surface area is 86.3 Å². The number of benzene rings is 1. The second-order valence-electron chi connectivity index (χ2n) is 2.88. The van der Waals surface area contributed by atoms with Crippen molar-refractivity contribution in [2.45, 2.75) is 0 Å². The van der Waals surface area contributed by atoms with Crippen LogP contribution in [0.1, 0.15) is 0 Å². The highest BCUT2D eigenvalue weighted by Gasteiger charge is 2.18. The summed E-state index contributed by atoms with van der Waals surface area (Å²) in [5.74, 6) is 1.59. The van der Waals surface area contributed by atoms with Crippen LogP contribution in [0.4, 0.5) is 5.69 Å². The Morgan fingerprint density at radius 2 is 2.20 bits per heavy atom. The summed E-state index contributed by atoms with van der Waals surface area (Å²) in [4.78, 5) is 13.6. The first-order valence-corrected chi connectivity index (χ1v) is 4.40. The number of isocyanates is 1. The van der Waals surface area contributed by atoms with Crippen molar-refractivity contribution in [3.05, 3.63) is 12.1 Å². The average Bonchev–Trinajstić information content (AvgIpc) is 2.28. The highest BCUT2D eigenvalue weighted by molar-refractivity contribution is 5.63. The minimum atomic E-state index is 0.436. The van der Waals surface area contributed by atoms with E-state index in [1.807, 2.05) is 0 Å². The number of methoxy groups -OCH3 is 1. The Bertz CT molecular complexity index is 406. The van der Waals surface area contributed by atoms with Gasteiger partial charge in [-0.2, -0.15) is 4.99 Å². The lowest BCUT2D eigenvalue weighted by Gasteiger charge is -2.20. The molecule has 78 valence electrons. The maximum absolute atomic E-state index is 10.1. The van der Waals surface area contributed by atoms with Gasteiger partial charge in [0.05, 0.1) is 12.8 Å². The van der Waals surface area contributed by atoms with Gasteiger partial charge in [0.1, 0.15) is 13.2 Å². The van der Waals surface area contributed by atoms with Crippen LogP contribution in [0.25, 0.3) is 0 Å². The van der Waals surface area contributed by atoms with E-state index < -0.39 is 0 Å². The van der Waals surface area contributed by atoms with Crippen LogP contribution in [0.2, 0.25) is 0 Å². The third-order valence-corrected chi connectivity index (χ3v) is 1.99. The average molecular weight is 207 g/mol. The molecule has 1 aromatic carbocycles. The predicted molar refractivity (Wildman–Crippen MR) is 51.8 cm³/mol. The molecule has 0 unspecified atom stereocenters. The second kappa shape index (κ2) is 4.02. The number of hydrogen-bond acceptors (Lipinski definition) is 5. The molecule has 0 aromatic heterocycles. The molecule has 2 rings (SSSR count). The molecule has 0 atom stereocenters. The van der Waals surface area contributed by atoms with E-state index in [4.69, 9.17) is 14.2 Å². The molecule has 5 nitrogen and oxygen atoms in total. The number of ether oxygens (including phenoxy) is 3. The second-order valence-corrected chi connectivity index (χ2v) is 2.88. The van der Waals surface area contributed by atoms with Gasteiger partial charge in [-0.15, -0.1) is 0 Å². The summed E-state index contributed by atoms with van der Waals surface area (Å²) >= 11 is 0. The molecular weight excluding hydrogens is 198 g/mol. The van der Waals surface area contributed by atoms with Gasteiger partial charge in [0, 0.05) is 12.1 Å². The molecule has 5 heteroatoms. The molecule has 1 aromatic rings. The molecule has 15 heavy (non-hydrogen) atoms. The fourth-order valence-electron chi connectivity index (χ4n) is 1.38. The normalized spacial score (nSPS) is 12.9. The molecule has 0 saturated heterocycles. The Balaban J connectivity index is 2.52. The van der Waals surface area contributed by atoms with E-state index in [2.05, 4.69) is 4.99 Å². The monoisotopic (exact) mass is 207 g/mol. The van der Waals surface area contributed by atoms with E-state index >= 15 is 0 Å². The number of nitrogens with zero attached hydrogens (tertiary/aromatic N) is 1. The van der Waals surface area contributed by atoms with Crippen LogP contribution < -0.4 is 14.2 Å².